The Morgan fingerprint density at radius 3 is 2.12 bits per heavy atom. The number of rotatable bonds is 7. The second-order valence-electron chi connectivity index (χ2n) is 6.37. The molecule has 4 nitrogen and oxygen atoms in total. The highest BCUT2D eigenvalue weighted by Crippen LogP contribution is 2.13. The third-order valence-corrected chi connectivity index (χ3v) is 5.62. The fourth-order valence-corrected chi connectivity index (χ4v) is 4.12. The van der Waals surface area contributed by atoms with Crippen LogP contribution in [0.4, 0.5) is 0 Å². The molecule has 2 aromatic rings. The van der Waals surface area contributed by atoms with Crippen molar-refractivity contribution in [3.8, 4) is 0 Å². The largest absolute Gasteiger partial charge is 0.299 e. The van der Waals surface area contributed by atoms with Gasteiger partial charge in [0.1, 0.15) is 0 Å². The number of sulfonamides is 1. The predicted octanol–water partition coefficient (Wildman–Crippen LogP) is 2.90. The van der Waals surface area contributed by atoms with E-state index in [1.165, 1.54) is 31.5 Å². The van der Waals surface area contributed by atoms with E-state index in [9.17, 15) is 8.42 Å². The van der Waals surface area contributed by atoms with Gasteiger partial charge in [-0.15, -0.1) is 0 Å². The SMILES string of the molecule is O=S(=O)(Cc1ccccc1)NCc1ccc(CN2CCCC2)cc1. The lowest BCUT2D eigenvalue weighted by atomic mass is 10.1. The van der Waals surface area contributed by atoms with E-state index < -0.39 is 10.0 Å². The molecule has 5 heteroatoms. The van der Waals surface area contributed by atoms with Crippen LogP contribution in [0.25, 0.3) is 0 Å². The topological polar surface area (TPSA) is 49.4 Å². The zero-order valence-electron chi connectivity index (χ0n) is 13.8. The van der Waals surface area contributed by atoms with Crippen molar-refractivity contribution in [3.05, 3.63) is 71.3 Å². The molecule has 3 rings (SSSR count). The van der Waals surface area contributed by atoms with Crippen molar-refractivity contribution in [3.63, 3.8) is 0 Å². The lowest BCUT2D eigenvalue weighted by Gasteiger charge is -2.14. The summed E-state index contributed by atoms with van der Waals surface area (Å²) in [5.74, 6) is 0.0148. The van der Waals surface area contributed by atoms with Gasteiger partial charge in [-0.05, 0) is 42.6 Å². The molecule has 0 atom stereocenters. The first-order chi connectivity index (χ1) is 11.6. The molecule has 0 amide bonds. The van der Waals surface area contributed by atoms with Crippen LogP contribution in [-0.2, 0) is 28.9 Å². The Hall–Kier alpha value is -1.69. The van der Waals surface area contributed by atoms with Crippen LogP contribution >= 0.6 is 0 Å². The van der Waals surface area contributed by atoms with Gasteiger partial charge >= 0.3 is 0 Å². The van der Waals surface area contributed by atoms with Gasteiger partial charge in [-0.3, -0.25) is 4.90 Å². The molecular formula is C19H24N2O2S. The minimum absolute atomic E-state index is 0.0148. The quantitative estimate of drug-likeness (QED) is 0.840. The molecule has 0 saturated carbocycles. The normalized spacial score (nSPS) is 15.7. The van der Waals surface area contributed by atoms with Gasteiger partial charge < -0.3 is 0 Å². The first kappa shape index (κ1) is 17.1. The zero-order valence-corrected chi connectivity index (χ0v) is 14.6. The molecule has 0 spiro atoms. The summed E-state index contributed by atoms with van der Waals surface area (Å²) in [6, 6.07) is 17.4. The van der Waals surface area contributed by atoms with Gasteiger partial charge in [-0.1, -0.05) is 54.6 Å². The number of nitrogens with zero attached hydrogens (tertiary/aromatic N) is 1. The molecule has 1 heterocycles. The molecule has 2 aromatic carbocycles. The molecule has 1 aliphatic rings. The molecule has 1 saturated heterocycles. The summed E-state index contributed by atoms with van der Waals surface area (Å²) in [5.41, 5.74) is 3.07. The van der Waals surface area contributed by atoms with Crippen LogP contribution in [0, 0.1) is 0 Å². The summed E-state index contributed by atoms with van der Waals surface area (Å²) in [4.78, 5) is 2.46. The molecule has 0 radical (unpaired) electrons. The molecular weight excluding hydrogens is 320 g/mol. The molecule has 1 aliphatic heterocycles. The van der Waals surface area contributed by atoms with E-state index in [1.807, 2.05) is 42.5 Å². The van der Waals surface area contributed by atoms with E-state index in [2.05, 4.69) is 21.8 Å². The lowest BCUT2D eigenvalue weighted by Crippen LogP contribution is -2.24. The maximum absolute atomic E-state index is 12.2. The van der Waals surface area contributed by atoms with E-state index >= 15 is 0 Å². The first-order valence-electron chi connectivity index (χ1n) is 8.42. The summed E-state index contributed by atoms with van der Waals surface area (Å²) < 4.78 is 27.0. The van der Waals surface area contributed by atoms with Crippen molar-refractivity contribution in [1.82, 2.24) is 9.62 Å². The van der Waals surface area contributed by atoms with Crippen molar-refractivity contribution in [2.24, 2.45) is 0 Å². The summed E-state index contributed by atoms with van der Waals surface area (Å²) in [6.45, 7) is 3.68. The Balaban J connectivity index is 1.52. The monoisotopic (exact) mass is 344 g/mol. The molecule has 0 aromatic heterocycles. The van der Waals surface area contributed by atoms with Gasteiger partial charge in [0, 0.05) is 13.1 Å². The summed E-state index contributed by atoms with van der Waals surface area (Å²) in [7, 11) is -3.32. The molecule has 1 fully saturated rings. The molecule has 1 N–H and O–H groups in total. The average molecular weight is 344 g/mol. The van der Waals surface area contributed by atoms with Crippen molar-refractivity contribution in [2.75, 3.05) is 13.1 Å². The smallest absolute Gasteiger partial charge is 0.216 e. The van der Waals surface area contributed by atoms with Gasteiger partial charge in [0.05, 0.1) is 5.75 Å². The van der Waals surface area contributed by atoms with Crippen LogP contribution in [0.15, 0.2) is 54.6 Å². The van der Waals surface area contributed by atoms with Crippen molar-refractivity contribution >= 4 is 10.0 Å². The van der Waals surface area contributed by atoms with Gasteiger partial charge in [-0.2, -0.15) is 0 Å². The van der Waals surface area contributed by atoms with E-state index in [-0.39, 0.29) is 5.75 Å². The van der Waals surface area contributed by atoms with Crippen LogP contribution in [-0.4, -0.2) is 26.4 Å². The van der Waals surface area contributed by atoms with Crippen molar-refractivity contribution in [2.45, 2.75) is 31.7 Å². The fourth-order valence-electron chi connectivity index (χ4n) is 3.00. The second kappa shape index (κ2) is 7.92. The number of hydrogen-bond donors (Lipinski definition) is 1. The maximum atomic E-state index is 12.2. The lowest BCUT2D eigenvalue weighted by molar-refractivity contribution is 0.331. The van der Waals surface area contributed by atoms with Crippen LogP contribution < -0.4 is 4.72 Å². The van der Waals surface area contributed by atoms with Gasteiger partial charge in [0.15, 0.2) is 0 Å². The Bertz CT molecular complexity index is 737. The minimum atomic E-state index is -3.32. The van der Waals surface area contributed by atoms with Gasteiger partial charge in [-0.25, -0.2) is 13.1 Å². The first-order valence-corrected chi connectivity index (χ1v) is 10.1. The zero-order chi connectivity index (χ0) is 16.8. The Morgan fingerprint density at radius 1 is 0.833 bits per heavy atom. The Labute approximate surface area is 144 Å². The van der Waals surface area contributed by atoms with E-state index in [1.54, 1.807) is 0 Å². The third-order valence-electron chi connectivity index (χ3n) is 4.32. The number of likely N-dealkylation sites (tertiary alicyclic amines) is 1. The number of benzene rings is 2. The maximum Gasteiger partial charge on any atom is 0.216 e. The average Bonchev–Trinajstić information content (AvgIpc) is 3.08. The summed E-state index contributed by atoms with van der Waals surface area (Å²) >= 11 is 0. The number of nitrogens with one attached hydrogen (secondary N) is 1. The highest BCUT2D eigenvalue weighted by molar-refractivity contribution is 7.88. The Kier molecular flexibility index (Phi) is 5.66. The molecule has 24 heavy (non-hydrogen) atoms. The standard InChI is InChI=1S/C19H24N2O2S/c22-24(23,16-19-6-2-1-3-7-19)20-14-17-8-10-18(11-9-17)15-21-12-4-5-13-21/h1-3,6-11,20H,4-5,12-16H2. The molecule has 0 unspecified atom stereocenters. The van der Waals surface area contributed by atoms with E-state index in [0.717, 1.165) is 17.7 Å². The third kappa shape index (κ3) is 5.16. The van der Waals surface area contributed by atoms with Crippen LogP contribution in [0.5, 0.6) is 0 Å². The minimum Gasteiger partial charge on any atom is -0.299 e. The predicted molar refractivity (Wildman–Crippen MR) is 96.9 cm³/mol. The van der Waals surface area contributed by atoms with E-state index in [0.29, 0.717) is 6.54 Å². The summed E-state index contributed by atoms with van der Waals surface area (Å²) in [5, 5.41) is 0. The van der Waals surface area contributed by atoms with Crippen LogP contribution in [0.3, 0.4) is 0 Å². The molecule has 0 aliphatic carbocycles. The highest BCUT2D eigenvalue weighted by Gasteiger charge is 2.13. The van der Waals surface area contributed by atoms with Gasteiger partial charge in [0.2, 0.25) is 10.0 Å². The second-order valence-corrected chi connectivity index (χ2v) is 8.17. The molecule has 128 valence electrons. The van der Waals surface area contributed by atoms with Gasteiger partial charge in [0.25, 0.3) is 0 Å². The fraction of sp³-hybridized carbons (Fsp3) is 0.368. The molecule has 0 bridgehead atoms. The summed E-state index contributed by atoms with van der Waals surface area (Å²) in [6.07, 6.45) is 2.59. The van der Waals surface area contributed by atoms with Crippen molar-refractivity contribution < 1.29 is 8.42 Å². The van der Waals surface area contributed by atoms with Crippen LogP contribution in [0.1, 0.15) is 29.5 Å². The highest BCUT2D eigenvalue weighted by atomic mass is 32.2. The van der Waals surface area contributed by atoms with E-state index in [4.69, 9.17) is 0 Å². The van der Waals surface area contributed by atoms with Crippen molar-refractivity contribution in [1.29, 1.82) is 0 Å². The number of hydrogen-bond acceptors (Lipinski definition) is 3. The Morgan fingerprint density at radius 2 is 1.46 bits per heavy atom. The van der Waals surface area contributed by atoms with Crippen LogP contribution in [0.2, 0.25) is 0 Å².